The molecule has 2 aromatic heterocycles. The Morgan fingerprint density at radius 3 is 2.53 bits per heavy atom. The van der Waals surface area contributed by atoms with Gasteiger partial charge >= 0.3 is 6.18 Å². The van der Waals surface area contributed by atoms with Gasteiger partial charge in [-0.3, -0.25) is 4.90 Å². The molecular formula is C21H18F3N5O. The minimum Gasteiger partial charge on any atom is -0.338 e. The zero-order valence-electron chi connectivity index (χ0n) is 16.0. The van der Waals surface area contributed by atoms with Crippen molar-refractivity contribution in [2.75, 3.05) is 7.05 Å². The third-order valence-electron chi connectivity index (χ3n) is 4.48. The van der Waals surface area contributed by atoms with Gasteiger partial charge in [0.1, 0.15) is 0 Å². The molecule has 6 nitrogen and oxygen atoms in total. The van der Waals surface area contributed by atoms with Gasteiger partial charge in [-0.25, -0.2) is 4.68 Å². The van der Waals surface area contributed by atoms with Crippen LogP contribution in [-0.4, -0.2) is 31.9 Å². The highest BCUT2D eigenvalue weighted by Gasteiger charge is 2.30. The summed E-state index contributed by atoms with van der Waals surface area (Å²) in [6, 6.07) is 14.6. The van der Waals surface area contributed by atoms with E-state index in [9.17, 15) is 13.2 Å². The lowest BCUT2D eigenvalue weighted by Crippen LogP contribution is -2.17. The molecule has 0 fully saturated rings. The molecule has 4 aromatic rings. The Hall–Kier alpha value is -3.46. The SMILES string of the molecule is CN(Cc1cccc(-n2cccn2)c1)Cc1nc(-c2ccc(C(F)(F)F)cc2)no1. The zero-order valence-corrected chi connectivity index (χ0v) is 16.0. The standard InChI is InChI=1S/C21H18F3N5O/c1-28(13-15-4-2-5-18(12-15)29-11-3-10-25-29)14-19-26-20(27-30-19)16-6-8-17(9-7-16)21(22,23)24/h2-12H,13-14H2,1H3. The second-order valence-corrected chi connectivity index (χ2v) is 6.88. The predicted octanol–water partition coefficient (Wildman–Crippen LogP) is 4.57. The van der Waals surface area contributed by atoms with Crippen LogP contribution in [-0.2, 0) is 19.3 Å². The fourth-order valence-corrected chi connectivity index (χ4v) is 3.06. The van der Waals surface area contributed by atoms with E-state index < -0.39 is 11.7 Å². The number of benzene rings is 2. The average Bonchev–Trinajstić information content (AvgIpc) is 3.40. The van der Waals surface area contributed by atoms with Gasteiger partial charge in [-0.05, 0) is 42.9 Å². The normalized spacial score (nSPS) is 11.9. The topological polar surface area (TPSA) is 60.0 Å². The number of hydrogen-bond acceptors (Lipinski definition) is 5. The van der Waals surface area contributed by atoms with Crippen LogP contribution in [0.1, 0.15) is 17.0 Å². The molecule has 2 heterocycles. The fraction of sp³-hybridized carbons (Fsp3) is 0.190. The van der Waals surface area contributed by atoms with Gasteiger partial charge in [0.2, 0.25) is 11.7 Å². The molecule has 0 amide bonds. The van der Waals surface area contributed by atoms with Crippen LogP contribution >= 0.6 is 0 Å². The number of aromatic nitrogens is 4. The summed E-state index contributed by atoms with van der Waals surface area (Å²) in [7, 11) is 1.92. The van der Waals surface area contributed by atoms with Crippen LogP contribution in [0.15, 0.2) is 71.5 Å². The van der Waals surface area contributed by atoms with E-state index in [2.05, 4.69) is 15.2 Å². The van der Waals surface area contributed by atoms with Crippen molar-refractivity contribution in [1.29, 1.82) is 0 Å². The quantitative estimate of drug-likeness (QED) is 0.463. The first-order valence-electron chi connectivity index (χ1n) is 9.16. The van der Waals surface area contributed by atoms with Crippen molar-refractivity contribution in [3.8, 4) is 17.1 Å². The lowest BCUT2D eigenvalue weighted by Gasteiger charge is -2.14. The first-order valence-corrected chi connectivity index (χ1v) is 9.16. The smallest absolute Gasteiger partial charge is 0.338 e. The van der Waals surface area contributed by atoms with Crippen molar-refractivity contribution in [1.82, 2.24) is 24.8 Å². The molecule has 154 valence electrons. The fourth-order valence-electron chi connectivity index (χ4n) is 3.06. The van der Waals surface area contributed by atoms with Gasteiger partial charge in [-0.1, -0.05) is 29.4 Å². The van der Waals surface area contributed by atoms with Crippen molar-refractivity contribution in [3.05, 3.63) is 84.0 Å². The second-order valence-electron chi connectivity index (χ2n) is 6.88. The molecule has 0 aliphatic carbocycles. The molecular weight excluding hydrogens is 395 g/mol. The van der Waals surface area contributed by atoms with Gasteiger partial charge in [0.05, 0.1) is 17.8 Å². The second kappa shape index (κ2) is 8.11. The average molecular weight is 413 g/mol. The molecule has 0 bridgehead atoms. The number of rotatable bonds is 6. The number of nitrogens with zero attached hydrogens (tertiary/aromatic N) is 5. The van der Waals surface area contributed by atoms with E-state index in [0.29, 0.717) is 24.5 Å². The lowest BCUT2D eigenvalue weighted by molar-refractivity contribution is -0.137. The summed E-state index contributed by atoms with van der Waals surface area (Å²) in [6.07, 6.45) is -0.773. The van der Waals surface area contributed by atoms with E-state index in [1.54, 1.807) is 10.9 Å². The molecule has 0 aliphatic heterocycles. The van der Waals surface area contributed by atoms with Gasteiger partial charge in [0.25, 0.3) is 0 Å². The molecule has 0 saturated heterocycles. The van der Waals surface area contributed by atoms with Crippen molar-refractivity contribution in [2.24, 2.45) is 0 Å². The Balaban J connectivity index is 1.41. The summed E-state index contributed by atoms with van der Waals surface area (Å²) in [5.74, 6) is 0.642. The number of hydrogen-bond donors (Lipinski definition) is 0. The van der Waals surface area contributed by atoms with Gasteiger partial charge < -0.3 is 4.52 Å². The van der Waals surface area contributed by atoms with E-state index >= 15 is 0 Å². The first kappa shape index (κ1) is 19.8. The first-order chi connectivity index (χ1) is 14.4. The molecule has 0 radical (unpaired) electrons. The van der Waals surface area contributed by atoms with Crippen molar-refractivity contribution >= 4 is 0 Å². The molecule has 2 aromatic carbocycles. The number of halogens is 3. The summed E-state index contributed by atoms with van der Waals surface area (Å²) < 4.78 is 45.1. The van der Waals surface area contributed by atoms with E-state index in [1.165, 1.54) is 12.1 Å². The summed E-state index contributed by atoms with van der Waals surface area (Å²) in [5, 5.41) is 8.11. The summed E-state index contributed by atoms with van der Waals surface area (Å²) in [5.41, 5.74) is 1.81. The highest BCUT2D eigenvalue weighted by atomic mass is 19.4. The molecule has 0 spiro atoms. The third kappa shape index (κ3) is 4.57. The number of alkyl halides is 3. The predicted molar refractivity (Wildman–Crippen MR) is 103 cm³/mol. The van der Waals surface area contributed by atoms with Crippen LogP contribution in [0.5, 0.6) is 0 Å². The zero-order chi connectivity index (χ0) is 21.1. The molecule has 4 rings (SSSR count). The Morgan fingerprint density at radius 2 is 1.83 bits per heavy atom. The highest BCUT2D eigenvalue weighted by molar-refractivity contribution is 5.54. The Labute approximate surface area is 170 Å². The van der Waals surface area contributed by atoms with Gasteiger partial charge in [-0.2, -0.15) is 23.3 Å². The van der Waals surface area contributed by atoms with E-state index in [4.69, 9.17) is 4.52 Å². The van der Waals surface area contributed by atoms with E-state index in [0.717, 1.165) is 23.4 Å². The molecule has 30 heavy (non-hydrogen) atoms. The highest BCUT2D eigenvalue weighted by Crippen LogP contribution is 2.30. The maximum absolute atomic E-state index is 12.7. The molecule has 9 heteroatoms. The van der Waals surface area contributed by atoms with Crippen LogP contribution in [0, 0.1) is 0 Å². The minimum atomic E-state index is -4.38. The molecule has 0 saturated carbocycles. The molecule has 0 aliphatic rings. The Bertz CT molecular complexity index is 1100. The van der Waals surface area contributed by atoms with Crippen LogP contribution < -0.4 is 0 Å². The molecule has 0 unspecified atom stereocenters. The van der Waals surface area contributed by atoms with E-state index in [-0.39, 0.29) is 5.82 Å². The van der Waals surface area contributed by atoms with Crippen molar-refractivity contribution in [3.63, 3.8) is 0 Å². The maximum Gasteiger partial charge on any atom is 0.416 e. The van der Waals surface area contributed by atoms with Gasteiger partial charge in [0, 0.05) is 24.5 Å². The minimum absolute atomic E-state index is 0.257. The van der Waals surface area contributed by atoms with Crippen LogP contribution in [0.4, 0.5) is 13.2 Å². The monoisotopic (exact) mass is 413 g/mol. The summed E-state index contributed by atoms with van der Waals surface area (Å²) >= 11 is 0. The maximum atomic E-state index is 12.7. The third-order valence-corrected chi connectivity index (χ3v) is 4.48. The Kier molecular flexibility index (Phi) is 5.37. The van der Waals surface area contributed by atoms with Gasteiger partial charge in [0.15, 0.2) is 0 Å². The summed E-state index contributed by atoms with van der Waals surface area (Å²) in [6.45, 7) is 1.05. The Morgan fingerprint density at radius 1 is 1.03 bits per heavy atom. The van der Waals surface area contributed by atoms with Gasteiger partial charge in [-0.15, -0.1) is 0 Å². The molecule has 0 N–H and O–H groups in total. The van der Waals surface area contributed by atoms with Crippen molar-refractivity contribution < 1.29 is 17.7 Å². The largest absolute Gasteiger partial charge is 0.416 e. The van der Waals surface area contributed by atoms with E-state index in [1.807, 2.05) is 48.5 Å². The lowest BCUT2D eigenvalue weighted by atomic mass is 10.1. The van der Waals surface area contributed by atoms with Crippen molar-refractivity contribution in [2.45, 2.75) is 19.3 Å². The van der Waals surface area contributed by atoms with Crippen LogP contribution in [0.2, 0.25) is 0 Å². The van der Waals surface area contributed by atoms with Crippen LogP contribution in [0.25, 0.3) is 17.1 Å². The van der Waals surface area contributed by atoms with Crippen LogP contribution in [0.3, 0.4) is 0 Å². The summed E-state index contributed by atoms with van der Waals surface area (Å²) in [4.78, 5) is 6.30. The molecule has 0 atom stereocenters.